The van der Waals surface area contributed by atoms with Gasteiger partial charge in [0.1, 0.15) is 4.88 Å². The maximum absolute atomic E-state index is 10.8. The molecule has 0 unspecified atom stereocenters. The molecule has 0 fully saturated rings. The van der Waals surface area contributed by atoms with Crippen LogP contribution < -0.4 is 0 Å². The second kappa shape index (κ2) is 4.86. The van der Waals surface area contributed by atoms with E-state index in [0.717, 1.165) is 9.88 Å². The maximum atomic E-state index is 10.8. The Labute approximate surface area is 117 Å². The van der Waals surface area contributed by atoms with Gasteiger partial charge in [-0.3, -0.25) is 0 Å². The molecule has 0 bridgehead atoms. The van der Waals surface area contributed by atoms with Gasteiger partial charge in [-0.15, -0.1) is 21.5 Å². The Hall–Kier alpha value is -2.54. The first-order chi connectivity index (χ1) is 9.63. The maximum Gasteiger partial charge on any atom is 0.335 e. The highest BCUT2D eigenvalue weighted by molar-refractivity contribution is 7.14. The van der Waals surface area contributed by atoms with Crippen molar-refractivity contribution in [2.45, 2.75) is 6.92 Å². The molecule has 0 aliphatic heterocycles. The van der Waals surface area contributed by atoms with Gasteiger partial charge in [-0.2, -0.15) is 0 Å². The number of carboxylic acids is 1. The van der Waals surface area contributed by atoms with E-state index in [0.29, 0.717) is 17.3 Å². The fourth-order valence-electron chi connectivity index (χ4n) is 1.66. The summed E-state index contributed by atoms with van der Waals surface area (Å²) in [6, 6.07) is 6.27. The molecular formula is C13H9N3O3S. The zero-order chi connectivity index (χ0) is 14.1. The molecule has 2 aromatic heterocycles. The first-order valence-electron chi connectivity index (χ1n) is 5.73. The van der Waals surface area contributed by atoms with E-state index in [9.17, 15) is 4.79 Å². The largest absolute Gasteiger partial charge is 0.478 e. The smallest absolute Gasteiger partial charge is 0.335 e. The van der Waals surface area contributed by atoms with Crippen LogP contribution in [0.4, 0.5) is 0 Å². The van der Waals surface area contributed by atoms with E-state index in [2.05, 4.69) is 15.2 Å². The molecule has 1 N–H and O–H groups in total. The van der Waals surface area contributed by atoms with Crippen LogP contribution in [0.15, 0.2) is 34.9 Å². The SMILES string of the molecule is Cc1ncc(-c2nnc(-c3ccc(C(=O)O)cc3)o2)s1. The van der Waals surface area contributed by atoms with Gasteiger partial charge in [0.2, 0.25) is 5.89 Å². The third-order valence-corrected chi connectivity index (χ3v) is 3.54. The van der Waals surface area contributed by atoms with Crippen molar-refractivity contribution >= 4 is 17.3 Å². The minimum absolute atomic E-state index is 0.214. The Balaban J connectivity index is 1.91. The number of hydrogen-bond acceptors (Lipinski definition) is 6. The summed E-state index contributed by atoms with van der Waals surface area (Å²) in [5, 5.41) is 17.7. The number of aromatic carboxylic acids is 1. The molecule has 3 rings (SSSR count). The zero-order valence-electron chi connectivity index (χ0n) is 10.4. The Kier molecular flexibility index (Phi) is 3.03. The number of nitrogens with zero attached hydrogens (tertiary/aromatic N) is 3. The Bertz CT molecular complexity index is 761. The topological polar surface area (TPSA) is 89.1 Å². The lowest BCUT2D eigenvalue weighted by Crippen LogP contribution is -1.94. The highest BCUT2D eigenvalue weighted by Crippen LogP contribution is 2.27. The Morgan fingerprint density at radius 3 is 2.50 bits per heavy atom. The molecule has 1 aromatic carbocycles. The van der Waals surface area contributed by atoms with Crippen molar-refractivity contribution in [3.63, 3.8) is 0 Å². The minimum atomic E-state index is -0.970. The van der Waals surface area contributed by atoms with Gasteiger partial charge in [0.25, 0.3) is 5.89 Å². The van der Waals surface area contributed by atoms with Gasteiger partial charge < -0.3 is 9.52 Å². The molecule has 0 radical (unpaired) electrons. The normalized spacial score (nSPS) is 10.7. The zero-order valence-corrected chi connectivity index (χ0v) is 11.2. The van der Waals surface area contributed by atoms with Gasteiger partial charge in [-0.1, -0.05) is 0 Å². The lowest BCUT2D eigenvalue weighted by molar-refractivity contribution is 0.0697. The van der Waals surface area contributed by atoms with Crippen molar-refractivity contribution in [2.75, 3.05) is 0 Å². The van der Waals surface area contributed by atoms with Crippen LogP contribution in [0.1, 0.15) is 15.4 Å². The minimum Gasteiger partial charge on any atom is -0.478 e. The number of carboxylic acid groups (broad SMARTS) is 1. The summed E-state index contributed by atoms with van der Waals surface area (Å²) in [4.78, 5) is 15.7. The van der Waals surface area contributed by atoms with E-state index in [4.69, 9.17) is 9.52 Å². The van der Waals surface area contributed by atoms with E-state index in [1.165, 1.54) is 23.5 Å². The van der Waals surface area contributed by atoms with Crippen LogP contribution >= 0.6 is 11.3 Å². The lowest BCUT2D eigenvalue weighted by Gasteiger charge is -1.96. The number of hydrogen-bond donors (Lipinski definition) is 1. The van der Waals surface area contributed by atoms with Crippen molar-refractivity contribution in [1.82, 2.24) is 15.2 Å². The molecule has 7 heteroatoms. The first-order valence-corrected chi connectivity index (χ1v) is 6.55. The standard InChI is InChI=1S/C13H9N3O3S/c1-7-14-6-10(20-7)12-16-15-11(19-12)8-2-4-9(5-3-8)13(17)18/h2-6H,1H3,(H,17,18). The molecule has 2 heterocycles. The van der Waals surface area contributed by atoms with Gasteiger partial charge in [-0.05, 0) is 31.2 Å². The fourth-order valence-corrected chi connectivity index (χ4v) is 2.35. The highest BCUT2D eigenvalue weighted by Gasteiger charge is 2.13. The quantitative estimate of drug-likeness (QED) is 0.796. The van der Waals surface area contributed by atoms with Crippen LogP contribution in [0.25, 0.3) is 22.2 Å². The van der Waals surface area contributed by atoms with Gasteiger partial charge >= 0.3 is 5.97 Å². The van der Waals surface area contributed by atoms with Crippen molar-refractivity contribution in [1.29, 1.82) is 0 Å². The molecule has 3 aromatic rings. The molecule has 0 spiro atoms. The second-order valence-electron chi connectivity index (χ2n) is 4.04. The predicted molar refractivity (Wildman–Crippen MR) is 72.5 cm³/mol. The summed E-state index contributed by atoms with van der Waals surface area (Å²) in [6.45, 7) is 1.90. The molecular weight excluding hydrogens is 278 g/mol. The van der Waals surface area contributed by atoms with Crippen LogP contribution in [0.3, 0.4) is 0 Å². The van der Waals surface area contributed by atoms with Crippen LogP contribution in [-0.4, -0.2) is 26.3 Å². The number of rotatable bonds is 3. The average molecular weight is 287 g/mol. The second-order valence-corrected chi connectivity index (χ2v) is 5.27. The predicted octanol–water partition coefficient (Wildman–Crippen LogP) is 2.87. The summed E-state index contributed by atoms with van der Waals surface area (Å²) < 4.78 is 5.57. The van der Waals surface area contributed by atoms with Gasteiger partial charge in [0, 0.05) is 5.56 Å². The summed E-state index contributed by atoms with van der Waals surface area (Å²) in [6.07, 6.45) is 1.69. The third-order valence-electron chi connectivity index (χ3n) is 2.64. The van der Waals surface area contributed by atoms with E-state index in [1.807, 2.05) is 6.92 Å². The van der Waals surface area contributed by atoms with Gasteiger partial charge in [0.15, 0.2) is 0 Å². The van der Waals surface area contributed by atoms with Gasteiger partial charge in [-0.25, -0.2) is 9.78 Å². The molecule has 0 amide bonds. The first kappa shape index (κ1) is 12.5. The van der Waals surface area contributed by atoms with Crippen LogP contribution in [-0.2, 0) is 0 Å². The molecule has 0 saturated carbocycles. The van der Waals surface area contributed by atoms with Crippen molar-refractivity contribution in [3.8, 4) is 22.2 Å². The molecule has 6 nitrogen and oxygen atoms in total. The molecule has 0 aliphatic carbocycles. The monoisotopic (exact) mass is 287 g/mol. The fraction of sp³-hybridized carbons (Fsp3) is 0.0769. The van der Waals surface area contributed by atoms with E-state index in [-0.39, 0.29) is 5.56 Å². The number of benzene rings is 1. The number of carbonyl (C=O) groups is 1. The van der Waals surface area contributed by atoms with Crippen LogP contribution in [0.2, 0.25) is 0 Å². The summed E-state index contributed by atoms with van der Waals surface area (Å²) >= 11 is 1.47. The summed E-state index contributed by atoms with van der Waals surface area (Å²) in [7, 11) is 0. The highest BCUT2D eigenvalue weighted by atomic mass is 32.1. The molecule has 20 heavy (non-hydrogen) atoms. The van der Waals surface area contributed by atoms with Gasteiger partial charge in [0.05, 0.1) is 16.8 Å². The lowest BCUT2D eigenvalue weighted by atomic mass is 10.1. The van der Waals surface area contributed by atoms with E-state index in [1.54, 1.807) is 18.3 Å². The Morgan fingerprint density at radius 2 is 1.90 bits per heavy atom. The molecule has 0 saturated heterocycles. The van der Waals surface area contributed by atoms with Crippen LogP contribution in [0, 0.1) is 6.92 Å². The number of aromatic nitrogens is 3. The third kappa shape index (κ3) is 2.30. The average Bonchev–Trinajstić information content (AvgIpc) is 3.07. The van der Waals surface area contributed by atoms with E-state index >= 15 is 0 Å². The van der Waals surface area contributed by atoms with Crippen molar-refractivity contribution < 1.29 is 14.3 Å². The van der Waals surface area contributed by atoms with Crippen molar-refractivity contribution in [3.05, 3.63) is 41.0 Å². The molecule has 0 aliphatic rings. The number of aryl methyl sites for hydroxylation is 1. The number of thiazole rings is 1. The van der Waals surface area contributed by atoms with Crippen molar-refractivity contribution in [2.24, 2.45) is 0 Å². The molecule has 100 valence electrons. The Morgan fingerprint density at radius 1 is 1.20 bits per heavy atom. The molecule has 0 atom stereocenters. The van der Waals surface area contributed by atoms with Crippen LogP contribution in [0.5, 0.6) is 0 Å². The summed E-state index contributed by atoms with van der Waals surface area (Å²) in [5.41, 5.74) is 0.890. The van der Waals surface area contributed by atoms with E-state index < -0.39 is 5.97 Å². The summed E-state index contributed by atoms with van der Waals surface area (Å²) in [5.74, 6) is -0.209.